The van der Waals surface area contributed by atoms with Crippen LogP contribution in [0.5, 0.6) is 0 Å². The summed E-state index contributed by atoms with van der Waals surface area (Å²) in [5.74, 6) is 0. The summed E-state index contributed by atoms with van der Waals surface area (Å²) in [5.41, 5.74) is 0. The van der Waals surface area contributed by atoms with Gasteiger partial charge in [0.1, 0.15) is 0 Å². The molecule has 5 nitrogen and oxygen atoms in total. The molecule has 0 aromatic carbocycles. The number of hydrogen-bond donors (Lipinski definition) is 0. The molecule has 0 fully saturated rings. The summed E-state index contributed by atoms with van der Waals surface area (Å²) >= 11 is 0. The lowest BCUT2D eigenvalue weighted by atomic mass is 10.8. The van der Waals surface area contributed by atoms with Gasteiger partial charge in [0.15, 0.2) is 15.3 Å². The molecule has 0 aliphatic rings. The Bertz CT molecular complexity index is 212. The van der Waals surface area contributed by atoms with Gasteiger partial charge < -0.3 is 4.74 Å². The Kier molecular flexibility index (Phi) is 4.94. The quantitative estimate of drug-likeness (QED) is 0.484. The van der Waals surface area contributed by atoms with E-state index in [1.54, 1.807) is 13.1 Å². The topological polar surface area (TPSA) is 61.8 Å². The van der Waals surface area contributed by atoms with Crippen LogP contribution < -0.4 is 0 Å². The van der Waals surface area contributed by atoms with Crippen LogP contribution in [0.4, 0.5) is 0 Å². The summed E-state index contributed by atoms with van der Waals surface area (Å²) in [6.45, 7) is 4.94. The monoisotopic (exact) mass is 214 g/mol. The van der Waals surface area contributed by atoms with Crippen LogP contribution in [0.1, 0.15) is 6.92 Å². The molecule has 1 unspecified atom stereocenters. The zero-order valence-corrected chi connectivity index (χ0v) is 9.58. The van der Waals surface area contributed by atoms with Crippen LogP contribution in [0.15, 0.2) is 0 Å². The fourth-order valence-electron chi connectivity index (χ4n) is 0.464. The molecule has 7 heteroatoms. The maximum absolute atomic E-state index is 10.9. The molecule has 0 aromatic rings. The fourth-order valence-corrected chi connectivity index (χ4v) is 2.94. The molecule has 0 amide bonds. The Hall–Kier alpha value is 0.0469. The fraction of sp³-hybridized carbons (Fsp3) is 1.00. The highest BCUT2D eigenvalue weighted by Gasteiger charge is 2.18. The Labute approximate surface area is 74.7 Å². The predicted octanol–water partition coefficient (Wildman–Crippen LogP) is 0.240. The summed E-state index contributed by atoms with van der Waals surface area (Å²) in [4.78, 5) is 0. The van der Waals surface area contributed by atoms with Crippen molar-refractivity contribution < 1.29 is 21.2 Å². The molecule has 0 spiro atoms. The molecular weight excluding hydrogens is 200 g/mol. The molecule has 0 aliphatic heterocycles. The van der Waals surface area contributed by atoms with E-state index in [0.717, 1.165) is 0 Å². The van der Waals surface area contributed by atoms with Crippen molar-refractivity contribution in [1.29, 1.82) is 0 Å². The molecule has 1 atom stereocenters. The van der Waals surface area contributed by atoms with E-state index in [1.807, 2.05) is 0 Å². The Morgan fingerprint density at radius 3 is 2.17 bits per heavy atom. The van der Waals surface area contributed by atoms with Crippen molar-refractivity contribution >= 4 is 19.4 Å². The van der Waals surface area contributed by atoms with Crippen LogP contribution in [0.3, 0.4) is 0 Å². The highest BCUT2D eigenvalue weighted by molar-refractivity contribution is 7.82. The van der Waals surface area contributed by atoms with Crippen LogP contribution in [0, 0.1) is 0 Å². The van der Waals surface area contributed by atoms with Crippen LogP contribution >= 0.6 is 0 Å². The summed E-state index contributed by atoms with van der Waals surface area (Å²) in [6, 6.07) is 0. The maximum atomic E-state index is 10.9. The van der Waals surface area contributed by atoms with Crippen LogP contribution in [0.25, 0.3) is 0 Å². The molecule has 0 heterocycles. The Morgan fingerprint density at radius 1 is 1.33 bits per heavy atom. The highest BCUT2D eigenvalue weighted by atomic mass is 32.3. The normalized spacial score (nSPS) is 15.1. The second-order valence-electron chi connectivity index (χ2n) is 2.45. The van der Waals surface area contributed by atoms with E-state index in [0.29, 0.717) is 0 Å². The van der Waals surface area contributed by atoms with Gasteiger partial charge in [-0.05, 0) is 20.0 Å². The van der Waals surface area contributed by atoms with Crippen molar-refractivity contribution in [2.24, 2.45) is 0 Å². The number of ether oxygens (including phenoxy) is 1. The number of methoxy groups -OCH3 is 1. The minimum Gasteiger partial charge on any atom is -0.355 e. The van der Waals surface area contributed by atoms with E-state index in [-0.39, 0.29) is 0 Å². The SMILES string of the molecule is COC(C)OS(=O)(=O)O[SiH](C)C. The van der Waals surface area contributed by atoms with Gasteiger partial charge in [0.25, 0.3) is 0 Å². The summed E-state index contributed by atoms with van der Waals surface area (Å²) in [5, 5.41) is 0. The minimum absolute atomic E-state index is 0.803. The van der Waals surface area contributed by atoms with E-state index in [2.05, 4.69) is 12.8 Å². The third kappa shape index (κ3) is 5.67. The van der Waals surface area contributed by atoms with E-state index in [4.69, 9.17) is 0 Å². The van der Waals surface area contributed by atoms with E-state index >= 15 is 0 Å². The van der Waals surface area contributed by atoms with Gasteiger partial charge in [-0.2, -0.15) is 8.42 Å². The van der Waals surface area contributed by atoms with E-state index in [1.165, 1.54) is 14.0 Å². The second kappa shape index (κ2) is 4.93. The summed E-state index contributed by atoms with van der Waals surface area (Å²) in [7, 11) is -4.14. The zero-order valence-electron chi connectivity index (χ0n) is 7.60. The van der Waals surface area contributed by atoms with Crippen LogP contribution in [0.2, 0.25) is 13.1 Å². The molecule has 12 heavy (non-hydrogen) atoms. The first-order valence-corrected chi connectivity index (χ1v) is 7.63. The van der Waals surface area contributed by atoms with Gasteiger partial charge in [-0.25, -0.2) is 4.18 Å². The van der Waals surface area contributed by atoms with Crippen molar-refractivity contribution in [2.45, 2.75) is 26.3 Å². The zero-order chi connectivity index (χ0) is 9.78. The van der Waals surface area contributed by atoms with Crippen LogP contribution in [-0.4, -0.2) is 30.9 Å². The smallest absolute Gasteiger partial charge is 0.355 e. The van der Waals surface area contributed by atoms with E-state index < -0.39 is 25.7 Å². The second-order valence-corrected chi connectivity index (χ2v) is 6.33. The lowest BCUT2D eigenvalue weighted by molar-refractivity contribution is -0.0392. The van der Waals surface area contributed by atoms with Crippen molar-refractivity contribution in [1.82, 2.24) is 0 Å². The van der Waals surface area contributed by atoms with Crippen LogP contribution in [-0.2, 0) is 23.2 Å². The molecule has 0 bridgehead atoms. The van der Waals surface area contributed by atoms with Gasteiger partial charge >= 0.3 is 10.4 Å². The minimum atomic E-state index is -3.86. The van der Waals surface area contributed by atoms with Gasteiger partial charge in [-0.3, -0.25) is 3.87 Å². The molecule has 0 saturated heterocycles. The predicted molar refractivity (Wildman–Crippen MR) is 46.4 cm³/mol. The van der Waals surface area contributed by atoms with Crippen molar-refractivity contribution in [3.05, 3.63) is 0 Å². The first kappa shape index (κ1) is 12.0. The third-order valence-corrected chi connectivity index (χ3v) is 3.88. The van der Waals surface area contributed by atoms with Gasteiger partial charge in [-0.15, -0.1) is 0 Å². The molecule has 74 valence electrons. The Balaban J connectivity index is 4.05. The van der Waals surface area contributed by atoms with Gasteiger partial charge in [0.05, 0.1) is 0 Å². The molecule has 0 saturated carbocycles. The standard InChI is InChI=1S/C5H14O5SSi/c1-5(8-2)9-11(6,7)10-12(3)4/h5,12H,1-4H3. The third-order valence-electron chi connectivity index (χ3n) is 0.896. The summed E-state index contributed by atoms with van der Waals surface area (Å²) < 4.78 is 35.5. The molecule has 0 aromatic heterocycles. The van der Waals surface area contributed by atoms with Crippen molar-refractivity contribution in [2.75, 3.05) is 7.11 Å². The largest absolute Gasteiger partial charge is 0.392 e. The molecule has 0 N–H and O–H groups in total. The van der Waals surface area contributed by atoms with Gasteiger partial charge in [-0.1, -0.05) is 0 Å². The Morgan fingerprint density at radius 2 is 1.83 bits per heavy atom. The first-order valence-electron chi connectivity index (χ1n) is 3.51. The molecular formula is C5H14O5SSi. The molecule has 0 radical (unpaired) electrons. The highest BCUT2D eigenvalue weighted by Crippen LogP contribution is 2.03. The lowest BCUT2D eigenvalue weighted by Gasteiger charge is -2.11. The van der Waals surface area contributed by atoms with Crippen molar-refractivity contribution in [3.8, 4) is 0 Å². The molecule has 0 rings (SSSR count). The van der Waals surface area contributed by atoms with Gasteiger partial charge in [0, 0.05) is 7.11 Å². The number of rotatable bonds is 5. The average molecular weight is 214 g/mol. The first-order chi connectivity index (χ1) is 5.37. The molecule has 0 aliphatic carbocycles. The summed E-state index contributed by atoms with van der Waals surface area (Å²) in [6.07, 6.45) is -0.803. The van der Waals surface area contributed by atoms with Crippen molar-refractivity contribution in [3.63, 3.8) is 0 Å². The lowest BCUT2D eigenvalue weighted by Crippen LogP contribution is -2.23. The van der Waals surface area contributed by atoms with E-state index in [9.17, 15) is 8.42 Å². The number of hydrogen-bond acceptors (Lipinski definition) is 5. The average Bonchev–Trinajstić information content (AvgIpc) is 1.83. The maximum Gasteiger partial charge on any atom is 0.392 e. The van der Waals surface area contributed by atoms with Gasteiger partial charge in [0.2, 0.25) is 0 Å².